The quantitative estimate of drug-likeness (QED) is 0.430. The lowest BCUT2D eigenvalue weighted by atomic mass is 10.0. The van der Waals surface area contributed by atoms with Crippen molar-refractivity contribution in [2.24, 2.45) is 0 Å². The maximum absolute atomic E-state index is 5.07. The Morgan fingerprint density at radius 2 is 2.50 bits per heavy atom. The van der Waals surface area contributed by atoms with E-state index in [0.717, 1.165) is 6.61 Å². The lowest BCUT2D eigenvalue weighted by Crippen LogP contribution is -1.97. The molecule has 0 N–H and O–H groups in total. The molecule has 0 aromatic carbocycles. The van der Waals surface area contributed by atoms with Crippen molar-refractivity contribution in [1.82, 2.24) is 0 Å². The summed E-state index contributed by atoms with van der Waals surface area (Å²) in [6.07, 6.45) is 8.91. The molecule has 1 nitrogen and oxygen atoms in total. The Kier molecular flexibility index (Phi) is 3.07. The molecule has 56 valence electrons. The topological polar surface area (TPSA) is 9.23 Å². The minimum Gasteiger partial charge on any atom is -0.497 e. The van der Waals surface area contributed by atoms with E-state index in [9.17, 15) is 0 Å². The molecule has 0 aliphatic heterocycles. The van der Waals surface area contributed by atoms with Crippen LogP contribution < -0.4 is 0 Å². The Morgan fingerprint density at radius 3 is 3.10 bits per heavy atom. The first kappa shape index (κ1) is 7.39. The van der Waals surface area contributed by atoms with Crippen LogP contribution in [0.25, 0.3) is 0 Å². The standard InChI is InChI=1S/C9H14O/c1-2-10-8-9-6-4-3-5-7-9/h2,6H,1,3-5,7-8H2. The van der Waals surface area contributed by atoms with E-state index < -0.39 is 0 Å². The van der Waals surface area contributed by atoms with Crippen LogP contribution in [-0.2, 0) is 4.74 Å². The van der Waals surface area contributed by atoms with E-state index in [-0.39, 0.29) is 0 Å². The molecule has 1 aliphatic rings. The number of hydrogen-bond donors (Lipinski definition) is 0. The van der Waals surface area contributed by atoms with Gasteiger partial charge in [0.1, 0.15) is 6.61 Å². The lowest BCUT2D eigenvalue weighted by molar-refractivity contribution is 0.275. The van der Waals surface area contributed by atoms with Crippen molar-refractivity contribution < 1.29 is 4.74 Å². The van der Waals surface area contributed by atoms with E-state index >= 15 is 0 Å². The van der Waals surface area contributed by atoms with Gasteiger partial charge in [-0.3, -0.25) is 0 Å². The summed E-state index contributed by atoms with van der Waals surface area (Å²) in [7, 11) is 0. The third-order valence-corrected chi connectivity index (χ3v) is 1.77. The Balaban J connectivity index is 2.24. The summed E-state index contributed by atoms with van der Waals surface area (Å²) in [4.78, 5) is 0. The van der Waals surface area contributed by atoms with Crippen LogP contribution in [0.5, 0.6) is 0 Å². The molecule has 0 atom stereocenters. The van der Waals surface area contributed by atoms with E-state index in [1.54, 1.807) is 0 Å². The first-order valence-electron chi connectivity index (χ1n) is 3.84. The molecule has 10 heavy (non-hydrogen) atoms. The second kappa shape index (κ2) is 4.15. The van der Waals surface area contributed by atoms with Crippen molar-refractivity contribution in [1.29, 1.82) is 0 Å². The van der Waals surface area contributed by atoms with Crippen LogP contribution >= 0.6 is 0 Å². The van der Waals surface area contributed by atoms with Gasteiger partial charge in [0, 0.05) is 0 Å². The first-order chi connectivity index (χ1) is 4.93. The maximum Gasteiger partial charge on any atom is 0.108 e. The monoisotopic (exact) mass is 138 g/mol. The average molecular weight is 138 g/mol. The molecule has 0 radical (unpaired) electrons. The number of ether oxygens (including phenoxy) is 1. The van der Waals surface area contributed by atoms with Crippen LogP contribution in [0.4, 0.5) is 0 Å². The Morgan fingerprint density at radius 1 is 1.60 bits per heavy atom. The Hall–Kier alpha value is -0.720. The molecule has 0 bridgehead atoms. The van der Waals surface area contributed by atoms with Crippen LogP contribution in [0, 0.1) is 0 Å². The van der Waals surface area contributed by atoms with Gasteiger partial charge in [-0.05, 0) is 31.3 Å². The molecule has 0 spiro atoms. The fourth-order valence-corrected chi connectivity index (χ4v) is 1.20. The molecule has 0 aromatic heterocycles. The molecule has 1 aliphatic carbocycles. The van der Waals surface area contributed by atoms with Crippen LogP contribution in [0.1, 0.15) is 25.7 Å². The minimum absolute atomic E-state index is 0.753. The van der Waals surface area contributed by atoms with Crippen LogP contribution in [-0.4, -0.2) is 6.61 Å². The predicted molar refractivity (Wildman–Crippen MR) is 42.7 cm³/mol. The molecule has 0 aromatic rings. The van der Waals surface area contributed by atoms with Crippen LogP contribution in [0.15, 0.2) is 24.5 Å². The smallest absolute Gasteiger partial charge is 0.108 e. The number of hydrogen-bond acceptors (Lipinski definition) is 1. The van der Waals surface area contributed by atoms with Crippen molar-refractivity contribution in [3.05, 3.63) is 24.5 Å². The fourth-order valence-electron chi connectivity index (χ4n) is 1.20. The van der Waals surface area contributed by atoms with Crippen LogP contribution in [0.2, 0.25) is 0 Å². The Bertz CT molecular complexity index is 136. The van der Waals surface area contributed by atoms with Gasteiger partial charge in [0.25, 0.3) is 0 Å². The maximum atomic E-state index is 5.07. The van der Waals surface area contributed by atoms with E-state index in [1.165, 1.54) is 37.5 Å². The number of rotatable bonds is 3. The van der Waals surface area contributed by atoms with Gasteiger partial charge < -0.3 is 4.74 Å². The van der Waals surface area contributed by atoms with E-state index in [2.05, 4.69) is 12.7 Å². The highest BCUT2D eigenvalue weighted by Crippen LogP contribution is 2.16. The van der Waals surface area contributed by atoms with Crippen molar-refractivity contribution in [2.75, 3.05) is 6.61 Å². The van der Waals surface area contributed by atoms with E-state index in [1.807, 2.05) is 0 Å². The third-order valence-electron chi connectivity index (χ3n) is 1.77. The Labute approximate surface area is 62.4 Å². The highest BCUT2D eigenvalue weighted by molar-refractivity contribution is 5.05. The van der Waals surface area contributed by atoms with Gasteiger partial charge in [0.2, 0.25) is 0 Å². The van der Waals surface area contributed by atoms with Crippen molar-refractivity contribution in [3.8, 4) is 0 Å². The summed E-state index contributed by atoms with van der Waals surface area (Å²) in [5.41, 5.74) is 1.44. The van der Waals surface area contributed by atoms with E-state index in [0.29, 0.717) is 0 Å². The zero-order valence-corrected chi connectivity index (χ0v) is 6.31. The third kappa shape index (κ3) is 2.26. The van der Waals surface area contributed by atoms with E-state index in [4.69, 9.17) is 4.74 Å². The van der Waals surface area contributed by atoms with Gasteiger partial charge in [-0.1, -0.05) is 12.7 Å². The highest BCUT2D eigenvalue weighted by atomic mass is 16.5. The molecule has 1 heteroatoms. The predicted octanol–water partition coefficient (Wildman–Crippen LogP) is 2.65. The summed E-state index contributed by atoms with van der Waals surface area (Å²) < 4.78 is 5.07. The summed E-state index contributed by atoms with van der Waals surface area (Å²) in [6, 6.07) is 0. The SMILES string of the molecule is C=COCC1=CCCCC1. The van der Waals surface area contributed by atoms with Gasteiger partial charge in [-0.2, -0.15) is 0 Å². The van der Waals surface area contributed by atoms with Gasteiger partial charge in [-0.25, -0.2) is 0 Å². The average Bonchev–Trinajstić information content (AvgIpc) is 2.03. The van der Waals surface area contributed by atoms with Gasteiger partial charge in [0.05, 0.1) is 6.26 Å². The largest absolute Gasteiger partial charge is 0.497 e. The second-order valence-electron chi connectivity index (χ2n) is 2.59. The fraction of sp³-hybridized carbons (Fsp3) is 0.556. The van der Waals surface area contributed by atoms with Gasteiger partial charge >= 0.3 is 0 Å². The highest BCUT2D eigenvalue weighted by Gasteiger charge is 2.01. The molecule has 0 saturated heterocycles. The summed E-state index contributed by atoms with van der Waals surface area (Å²) in [5.74, 6) is 0. The molecule has 0 amide bonds. The van der Waals surface area contributed by atoms with Gasteiger partial charge in [0.15, 0.2) is 0 Å². The minimum atomic E-state index is 0.753. The summed E-state index contributed by atoms with van der Waals surface area (Å²) in [6.45, 7) is 4.25. The molecular formula is C9H14O. The molecule has 1 rings (SSSR count). The van der Waals surface area contributed by atoms with Crippen molar-refractivity contribution in [3.63, 3.8) is 0 Å². The molecule has 0 saturated carbocycles. The summed E-state index contributed by atoms with van der Waals surface area (Å²) in [5, 5.41) is 0. The van der Waals surface area contributed by atoms with Crippen molar-refractivity contribution >= 4 is 0 Å². The second-order valence-corrected chi connectivity index (χ2v) is 2.59. The zero-order chi connectivity index (χ0) is 7.23. The lowest BCUT2D eigenvalue weighted by Gasteiger charge is -2.11. The summed E-state index contributed by atoms with van der Waals surface area (Å²) >= 11 is 0. The number of allylic oxidation sites excluding steroid dienone is 1. The normalized spacial score (nSPS) is 17.8. The molecule has 0 unspecified atom stereocenters. The first-order valence-corrected chi connectivity index (χ1v) is 3.84. The zero-order valence-electron chi connectivity index (χ0n) is 6.31. The molecular weight excluding hydrogens is 124 g/mol. The van der Waals surface area contributed by atoms with Crippen molar-refractivity contribution in [2.45, 2.75) is 25.7 Å². The van der Waals surface area contributed by atoms with Gasteiger partial charge in [-0.15, -0.1) is 0 Å². The van der Waals surface area contributed by atoms with Crippen LogP contribution in [0.3, 0.4) is 0 Å². The molecule has 0 fully saturated rings. The molecule has 0 heterocycles.